The van der Waals surface area contributed by atoms with Crippen LogP contribution >= 0.6 is 0 Å². The number of benzene rings is 1. The van der Waals surface area contributed by atoms with Crippen molar-refractivity contribution in [2.45, 2.75) is 37.8 Å². The average Bonchev–Trinajstić information content (AvgIpc) is 2.32. The van der Waals surface area contributed by atoms with E-state index >= 15 is 0 Å². The van der Waals surface area contributed by atoms with Gasteiger partial charge >= 0.3 is 0 Å². The second-order valence-corrected chi connectivity index (χ2v) is 4.64. The molecule has 1 amide bonds. The van der Waals surface area contributed by atoms with Crippen LogP contribution in [0.15, 0.2) is 24.3 Å². The fourth-order valence-electron chi connectivity index (χ4n) is 2.18. The number of aromatic hydroxyl groups is 1. The number of amides is 1. The van der Waals surface area contributed by atoms with Gasteiger partial charge in [0.15, 0.2) is 0 Å². The van der Waals surface area contributed by atoms with Gasteiger partial charge in [0.2, 0.25) is 0 Å². The zero-order chi connectivity index (χ0) is 12.3. The van der Waals surface area contributed by atoms with Crippen LogP contribution in [-0.2, 0) is 0 Å². The fraction of sp³-hybridized carbons (Fsp3) is 0.462. The van der Waals surface area contributed by atoms with Crippen LogP contribution in [0.25, 0.3) is 0 Å². The predicted octanol–water partition coefficient (Wildman–Crippen LogP) is 1.39. The SMILES string of the molecule is NC1CCC(NC(=O)c2cccc(O)c2)CC1. The number of hydrogen-bond donors (Lipinski definition) is 3. The molecule has 4 nitrogen and oxygen atoms in total. The van der Waals surface area contributed by atoms with Crippen molar-refractivity contribution in [3.8, 4) is 5.75 Å². The van der Waals surface area contributed by atoms with Gasteiger partial charge < -0.3 is 16.2 Å². The molecule has 2 rings (SSSR count). The van der Waals surface area contributed by atoms with Gasteiger partial charge in [-0.2, -0.15) is 0 Å². The van der Waals surface area contributed by atoms with Gasteiger partial charge in [0.25, 0.3) is 5.91 Å². The maximum Gasteiger partial charge on any atom is 0.251 e. The van der Waals surface area contributed by atoms with E-state index in [1.807, 2.05) is 0 Å². The van der Waals surface area contributed by atoms with Crippen LogP contribution in [0.4, 0.5) is 0 Å². The van der Waals surface area contributed by atoms with E-state index in [4.69, 9.17) is 5.73 Å². The third kappa shape index (κ3) is 3.20. The normalized spacial score (nSPS) is 24.3. The molecular formula is C13H18N2O2. The summed E-state index contributed by atoms with van der Waals surface area (Å²) >= 11 is 0. The van der Waals surface area contributed by atoms with Crippen molar-refractivity contribution in [3.05, 3.63) is 29.8 Å². The van der Waals surface area contributed by atoms with Gasteiger partial charge in [-0.3, -0.25) is 4.79 Å². The Hall–Kier alpha value is -1.55. The molecule has 0 aliphatic heterocycles. The summed E-state index contributed by atoms with van der Waals surface area (Å²) in [5.41, 5.74) is 6.31. The van der Waals surface area contributed by atoms with Crippen molar-refractivity contribution < 1.29 is 9.90 Å². The molecule has 0 saturated heterocycles. The summed E-state index contributed by atoms with van der Waals surface area (Å²) in [5, 5.41) is 12.3. The minimum Gasteiger partial charge on any atom is -0.508 e. The highest BCUT2D eigenvalue weighted by atomic mass is 16.3. The molecule has 1 aliphatic rings. The molecule has 4 N–H and O–H groups in total. The van der Waals surface area contributed by atoms with E-state index in [2.05, 4.69) is 5.32 Å². The number of nitrogens with two attached hydrogens (primary N) is 1. The predicted molar refractivity (Wildman–Crippen MR) is 65.8 cm³/mol. The molecule has 17 heavy (non-hydrogen) atoms. The highest BCUT2D eigenvalue weighted by Gasteiger charge is 2.20. The standard InChI is InChI=1S/C13H18N2O2/c14-10-4-6-11(7-5-10)15-13(17)9-2-1-3-12(16)8-9/h1-3,8,10-11,16H,4-7,14H2,(H,15,17). The Balaban J connectivity index is 1.93. The number of hydrogen-bond acceptors (Lipinski definition) is 3. The molecule has 0 heterocycles. The number of phenolic OH excluding ortho intramolecular Hbond substituents is 1. The number of nitrogens with one attached hydrogen (secondary N) is 1. The summed E-state index contributed by atoms with van der Waals surface area (Å²) < 4.78 is 0. The monoisotopic (exact) mass is 234 g/mol. The van der Waals surface area contributed by atoms with Crippen LogP contribution in [0.5, 0.6) is 5.75 Å². The van der Waals surface area contributed by atoms with Crippen molar-refractivity contribution in [2.24, 2.45) is 5.73 Å². The molecule has 0 spiro atoms. The number of carbonyl (C=O) groups is 1. The van der Waals surface area contributed by atoms with E-state index in [-0.39, 0.29) is 23.7 Å². The topological polar surface area (TPSA) is 75.3 Å². The molecule has 0 radical (unpaired) electrons. The molecule has 1 aliphatic carbocycles. The second kappa shape index (κ2) is 5.19. The molecule has 1 saturated carbocycles. The molecule has 0 bridgehead atoms. The smallest absolute Gasteiger partial charge is 0.251 e. The minimum atomic E-state index is -0.124. The number of phenols is 1. The van der Waals surface area contributed by atoms with Gasteiger partial charge in [0.05, 0.1) is 0 Å². The number of carbonyl (C=O) groups excluding carboxylic acids is 1. The van der Waals surface area contributed by atoms with Crippen LogP contribution in [0, 0.1) is 0 Å². The van der Waals surface area contributed by atoms with Crippen LogP contribution < -0.4 is 11.1 Å². The summed E-state index contributed by atoms with van der Waals surface area (Å²) in [4.78, 5) is 11.9. The zero-order valence-corrected chi connectivity index (χ0v) is 9.73. The summed E-state index contributed by atoms with van der Waals surface area (Å²) in [5.74, 6) is -0.00955. The Bertz CT molecular complexity index is 398. The van der Waals surface area contributed by atoms with Crippen LogP contribution in [-0.4, -0.2) is 23.1 Å². The van der Waals surface area contributed by atoms with Gasteiger partial charge in [0.1, 0.15) is 5.75 Å². The third-order valence-corrected chi connectivity index (χ3v) is 3.22. The molecule has 0 atom stereocenters. The molecule has 0 unspecified atom stereocenters. The Morgan fingerprint density at radius 1 is 1.29 bits per heavy atom. The summed E-state index contributed by atoms with van der Waals surface area (Å²) in [6.45, 7) is 0. The lowest BCUT2D eigenvalue weighted by Gasteiger charge is -2.26. The van der Waals surface area contributed by atoms with Gasteiger partial charge in [-0.15, -0.1) is 0 Å². The fourth-order valence-corrected chi connectivity index (χ4v) is 2.18. The summed E-state index contributed by atoms with van der Waals surface area (Å²) in [6, 6.07) is 6.89. The lowest BCUT2D eigenvalue weighted by molar-refractivity contribution is 0.0925. The van der Waals surface area contributed by atoms with Crippen molar-refractivity contribution in [1.82, 2.24) is 5.32 Å². The third-order valence-electron chi connectivity index (χ3n) is 3.22. The average molecular weight is 234 g/mol. The first-order chi connectivity index (χ1) is 8.15. The Morgan fingerprint density at radius 3 is 2.65 bits per heavy atom. The van der Waals surface area contributed by atoms with Crippen molar-refractivity contribution >= 4 is 5.91 Å². The highest BCUT2D eigenvalue weighted by Crippen LogP contribution is 2.18. The lowest BCUT2D eigenvalue weighted by atomic mass is 9.91. The van der Waals surface area contributed by atoms with Crippen LogP contribution in [0.1, 0.15) is 36.0 Å². The maximum atomic E-state index is 11.9. The quantitative estimate of drug-likeness (QED) is 0.724. The molecule has 1 aromatic rings. The molecule has 4 heteroatoms. The van der Waals surface area contributed by atoms with Crippen molar-refractivity contribution in [1.29, 1.82) is 0 Å². The van der Waals surface area contributed by atoms with E-state index in [1.54, 1.807) is 18.2 Å². The van der Waals surface area contributed by atoms with Gasteiger partial charge in [-0.25, -0.2) is 0 Å². The second-order valence-electron chi connectivity index (χ2n) is 4.64. The molecular weight excluding hydrogens is 216 g/mol. The molecule has 0 aromatic heterocycles. The first-order valence-corrected chi connectivity index (χ1v) is 6.00. The van der Waals surface area contributed by atoms with E-state index in [0.29, 0.717) is 5.56 Å². The summed E-state index contributed by atoms with van der Waals surface area (Å²) in [7, 11) is 0. The minimum absolute atomic E-state index is 0.114. The van der Waals surface area contributed by atoms with E-state index in [9.17, 15) is 9.90 Å². The molecule has 1 fully saturated rings. The van der Waals surface area contributed by atoms with Crippen molar-refractivity contribution in [3.63, 3.8) is 0 Å². The number of rotatable bonds is 2. The Labute approximate surface area is 101 Å². The van der Waals surface area contributed by atoms with Gasteiger partial charge in [0, 0.05) is 17.6 Å². The molecule has 92 valence electrons. The van der Waals surface area contributed by atoms with Crippen molar-refractivity contribution in [2.75, 3.05) is 0 Å². The van der Waals surface area contributed by atoms with Crippen LogP contribution in [0.3, 0.4) is 0 Å². The Kier molecular flexibility index (Phi) is 3.64. The van der Waals surface area contributed by atoms with Crippen LogP contribution in [0.2, 0.25) is 0 Å². The van der Waals surface area contributed by atoms with Gasteiger partial charge in [-0.1, -0.05) is 6.07 Å². The zero-order valence-electron chi connectivity index (χ0n) is 9.73. The molecule has 1 aromatic carbocycles. The van der Waals surface area contributed by atoms with Gasteiger partial charge in [-0.05, 0) is 43.9 Å². The lowest BCUT2D eigenvalue weighted by Crippen LogP contribution is -2.40. The Morgan fingerprint density at radius 2 is 2.00 bits per heavy atom. The van der Waals surface area contributed by atoms with E-state index in [1.165, 1.54) is 6.07 Å². The van der Waals surface area contributed by atoms with E-state index in [0.717, 1.165) is 25.7 Å². The first kappa shape index (κ1) is 11.9. The first-order valence-electron chi connectivity index (χ1n) is 6.00. The van der Waals surface area contributed by atoms with E-state index < -0.39 is 0 Å². The highest BCUT2D eigenvalue weighted by molar-refractivity contribution is 5.94. The summed E-state index contributed by atoms with van der Waals surface area (Å²) in [6.07, 6.45) is 3.80. The maximum absolute atomic E-state index is 11.9. The largest absolute Gasteiger partial charge is 0.508 e.